The molecule has 0 atom stereocenters. The van der Waals surface area contributed by atoms with Crippen molar-refractivity contribution in [2.24, 2.45) is 0 Å². The number of ether oxygens (including phenoxy) is 2. The lowest BCUT2D eigenvalue weighted by atomic mass is 10.1. The molecule has 10 heterocycles. The Labute approximate surface area is 718 Å². The lowest BCUT2D eigenvalue weighted by Gasteiger charge is -2.10. The summed E-state index contributed by atoms with van der Waals surface area (Å²) in [7, 11) is 3.10. The number of nitrogens with one attached hydrogen (secondary N) is 15. The van der Waals surface area contributed by atoms with Gasteiger partial charge >= 0.3 is 0 Å². The number of amides is 5. The van der Waals surface area contributed by atoms with Gasteiger partial charge in [0.05, 0.1) is 140 Å². The van der Waals surface area contributed by atoms with Crippen molar-refractivity contribution in [1.82, 2.24) is 95.8 Å². The molecule has 34 heteroatoms. The third-order valence-electron chi connectivity index (χ3n) is 20.2. The standard InChI is InChI=1S/C20H18N4O2.C19H15F2N5O.C19H17N5O2.C18H15N5O.C17H12FN5O/c1-12-7-8-14(18(9-12)26-2)20(25)23-17-11-21-24-19(17)16-10-13-5-3-4-6-15(13)22-16;1-9-6-10(2)16-13(7-9)23-18(25-16)17-14(8-22-26-17)24-19(27)15-11(20)4-3-5-12(15)21;1-11-7-8-12(16(9-11)26-2)19(25)23-15-10-20-24-17(15)18-21-13-5-3-4-6-14(13)22-18;1-11-6-2-3-7-12(11)18(24)22-15-10-19-23-16(15)17-20-13-8-4-5-9-14(13)21-17;18-11-6-2-1-5-10(11)17(24)22-14-9-19-23-15(14)16-20-12-7-3-4-8-13(12)21-16/h3-11,22H,1-2H3,(H,21,24)(H,23,25);3-8H,1-2H3,(H,22,26)(H,23,25)(H,24,27);3-10H,1-2H3,(H,20,24)(H,21,22)(H,23,25);2-10H,1H3,(H,19,23)(H,20,21)(H,22,24);1-9H,(H,19,23)(H,20,21)(H,22,24). The number of benzene rings is 10. The van der Waals surface area contributed by atoms with Gasteiger partial charge in [-0.25, -0.2) is 33.1 Å². The van der Waals surface area contributed by atoms with Crippen molar-refractivity contribution in [1.29, 1.82) is 0 Å². The number of aromatic nitrogens is 19. The number of carbonyl (C=O) groups is 5. The van der Waals surface area contributed by atoms with Crippen molar-refractivity contribution in [2.75, 3.05) is 40.8 Å². The molecule has 5 amide bonds. The molecule has 0 aliphatic carbocycles. The van der Waals surface area contributed by atoms with E-state index in [4.69, 9.17) is 9.47 Å². The Hall–Kier alpha value is -17.6. The van der Waals surface area contributed by atoms with Gasteiger partial charge in [0.25, 0.3) is 29.5 Å². The maximum absolute atomic E-state index is 13.8. The highest BCUT2D eigenvalue weighted by Gasteiger charge is 2.25. The predicted molar refractivity (Wildman–Crippen MR) is 479 cm³/mol. The molecule has 31 nitrogen and oxygen atoms in total. The number of rotatable bonds is 17. The zero-order valence-electron chi connectivity index (χ0n) is 68.7. The Morgan fingerprint density at radius 3 is 1.13 bits per heavy atom. The number of carbonyl (C=O) groups excluding carboxylic acids is 5. The topological polar surface area (TPSA) is 438 Å². The number of H-pyrrole nitrogens is 10. The molecule has 127 heavy (non-hydrogen) atoms. The highest BCUT2D eigenvalue weighted by Crippen LogP contribution is 2.35. The van der Waals surface area contributed by atoms with E-state index in [1.165, 1.54) is 36.7 Å². The number of nitrogens with zero attached hydrogens (tertiary/aromatic N) is 9. The smallest absolute Gasteiger partial charge is 0.261 e. The van der Waals surface area contributed by atoms with Crippen molar-refractivity contribution >= 4 is 113 Å². The van der Waals surface area contributed by atoms with Gasteiger partial charge < -0.3 is 61.0 Å². The average Bonchev–Trinajstić information content (AvgIpc) is 1.64. The normalized spacial score (nSPS) is 10.9. The van der Waals surface area contributed by atoms with E-state index in [9.17, 15) is 37.1 Å². The van der Waals surface area contributed by atoms with Crippen LogP contribution in [0.15, 0.2) is 249 Å². The fourth-order valence-electron chi connectivity index (χ4n) is 13.9. The Balaban J connectivity index is 0.000000117. The molecule has 0 unspecified atom stereocenters. The van der Waals surface area contributed by atoms with Crippen LogP contribution in [0, 0.1) is 52.1 Å². The van der Waals surface area contributed by atoms with Crippen LogP contribution >= 0.6 is 0 Å². The Bertz CT molecular complexity index is 6970. The van der Waals surface area contributed by atoms with E-state index in [0.717, 1.165) is 106 Å². The minimum absolute atomic E-state index is 0.0331. The molecule has 10 aromatic heterocycles. The highest BCUT2D eigenvalue weighted by atomic mass is 19.1. The number of aromatic amines is 10. The van der Waals surface area contributed by atoms with Gasteiger partial charge in [-0.1, -0.05) is 109 Å². The second-order valence-corrected chi connectivity index (χ2v) is 29.0. The molecule has 0 radical (unpaired) electrons. The molecular weight excluding hydrogens is 1620 g/mol. The van der Waals surface area contributed by atoms with E-state index in [1.807, 2.05) is 192 Å². The molecule has 0 saturated heterocycles. The number of para-hydroxylation sites is 7. The second kappa shape index (κ2) is 36.8. The third kappa shape index (κ3) is 18.4. The van der Waals surface area contributed by atoms with Crippen molar-refractivity contribution in [3.05, 3.63) is 322 Å². The summed E-state index contributed by atoms with van der Waals surface area (Å²) in [6, 6.07) is 64.4. The molecule has 0 bridgehead atoms. The maximum atomic E-state index is 13.8. The number of hydrogen-bond acceptors (Lipinski definition) is 16. The molecule has 20 rings (SSSR count). The van der Waals surface area contributed by atoms with Gasteiger partial charge in [-0.15, -0.1) is 0 Å². The number of anilines is 5. The SMILES string of the molecule is COc1cc(C)ccc1C(=O)Nc1cn[nH]c1-c1cc2ccccc2[nH]1.COc1cc(C)ccc1C(=O)Nc1cn[nH]c1-c1nc2ccccc2[nH]1.Cc1cc(C)c2nc(-c3[nH]ncc3NC(=O)c3c(F)cccc3F)[nH]c2c1.Cc1ccccc1C(=O)Nc1cn[nH]c1-c1nc2ccccc2[nH]1.O=C(Nc1cn[nH]c1-c1nc2ccccc2[nH]1)c1ccccc1F. The van der Waals surface area contributed by atoms with Gasteiger partial charge in [0.1, 0.15) is 63.0 Å². The van der Waals surface area contributed by atoms with Crippen LogP contribution in [0.4, 0.5) is 41.6 Å². The number of methoxy groups -OCH3 is 2. The molecule has 0 fully saturated rings. The van der Waals surface area contributed by atoms with Gasteiger partial charge in [0, 0.05) is 16.5 Å². The van der Waals surface area contributed by atoms with E-state index in [1.54, 1.807) is 57.1 Å². The molecule has 0 spiro atoms. The summed E-state index contributed by atoms with van der Waals surface area (Å²) in [5, 5.41) is 49.2. The highest BCUT2D eigenvalue weighted by molar-refractivity contribution is 6.11. The van der Waals surface area contributed by atoms with Crippen LogP contribution in [0.1, 0.15) is 79.6 Å². The summed E-state index contributed by atoms with van der Waals surface area (Å²) in [5.74, 6) is -1.31. The first kappa shape index (κ1) is 83.1. The molecule has 0 aliphatic heterocycles. The van der Waals surface area contributed by atoms with Crippen LogP contribution in [0.25, 0.3) is 112 Å². The number of hydrogen-bond donors (Lipinski definition) is 15. The minimum atomic E-state index is -0.938. The first-order valence-electron chi connectivity index (χ1n) is 39.4. The van der Waals surface area contributed by atoms with Crippen molar-refractivity contribution in [2.45, 2.75) is 34.6 Å². The third-order valence-corrected chi connectivity index (χ3v) is 20.2. The minimum Gasteiger partial charge on any atom is -0.496 e. The van der Waals surface area contributed by atoms with Gasteiger partial charge in [-0.05, 0) is 172 Å². The Morgan fingerprint density at radius 1 is 0.307 bits per heavy atom. The molecule has 10 aromatic carbocycles. The molecule has 632 valence electrons. The zero-order valence-corrected chi connectivity index (χ0v) is 68.7. The number of imidazole rings is 4. The van der Waals surface area contributed by atoms with Crippen LogP contribution in [-0.4, -0.2) is 140 Å². The van der Waals surface area contributed by atoms with Crippen molar-refractivity contribution < 1.29 is 46.6 Å². The fourth-order valence-corrected chi connectivity index (χ4v) is 13.9. The first-order valence-corrected chi connectivity index (χ1v) is 39.4. The zero-order chi connectivity index (χ0) is 88.4. The van der Waals surface area contributed by atoms with E-state index in [0.29, 0.717) is 97.0 Å². The number of halogens is 3. The first-order chi connectivity index (χ1) is 61.7. The molecule has 0 aliphatic rings. The molecule has 15 N–H and O–H groups in total. The Kier molecular flexibility index (Phi) is 24.1. The second-order valence-electron chi connectivity index (χ2n) is 29.0. The summed E-state index contributed by atoms with van der Waals surface area (Å²) in [5.41, 5.74) is 20.0. The van der Waals surface area contributed by atoms with Crippen LogP contribution in [-0.2, 0) is 0 Å². The molecule has 20 aromatic rings. The van der Waals surface area contributed by atoms with Gasteiger partial charge in [-0.2, -0.15) is 25.5 Å². The predicted octanol–water partition coefficient (Wildman–Crippen LogP) is 18.6. The average molecular weight is 1700 g/mol. The summed E-state index contributed by atoms with van der Waals surface area (Å²) in [4.78, 5) is 96.7. The monoisotopic (exact) mass is 1700 g/mol. The summed E-state index contributed by atoms with van der Waals surface area (Å²) < 4.78 is 52.0. The number of fused-ring (bicyclic) bond motifs is 5. The van der Waals surface area contributed by atoms with Gasteiger partial charge in [0.2, 0.25) is 0 Å². The van der Waals surface area contributed by atoms with Crippen molar-refractivity contribution in [3.63, 3.8) is 0 Å². The van der Waals surface area contributed by atoms with Gasteiger partial charge in [-0.3, -0.25) is 49.5 Å². The van der Waals surface area contributed by atoms with E-state index in [2.05, 4.69) is 122 Å². The van der Waals surface area contributed by atoms with Crippen LogP contribution in [0.2, 0.25) is 0 Å². The Morgan fingerprint density at radius 2 is 0.677 bits per heavy atom. The van der Waals surface area contributed by atoms with Gasteiger partial charge in [0.15, 0.2) is 23.3 Å². The summed E-state index contributed by atoms with van der Waals surface area (Å²) in [6.45, 7) is 9.74. The van der Waals surface area contributed by atoms with E-state index < -0.39 is 34.8 Å². The number of aryl methyl sites for hydroxylation is 5. The largest absolute Gasteiger partial charge is 0.496 e. The molecular formula is C93H77F3N24O7. The lowest BCUT2D eigenvalue weighted by molar-refractivity contribution is 0.101. The van der Waals surface area contributed by atoms with E-state index in [-0.39, 0.29) is 29.0 Å². The van der Waals surface area contributed by atoms with E-state index >= 15 is 0 Å². The van der Waals surface area contributed by atoms with Crippen LogP contribution in [0.5, 0.6) is 11.5 Å². The quantitative estimate of drug-likeness (QED) is 0.0403. The van der Waals surface area contributed by atoms with Crippen LogP contribution < -0.4 is 36.1 Å². The fraction of sp³-hybridized carbons (Fsp3) is 0.0753. The summed E-state index contributed by atoms with van der Waals surface area (Å²) in [6.07, 6.45) is 7.55. The summed E-state index contributed by atoms with van der Waals surface area (Å²) >= 11 is 0. The van der Waals surface area contributed by atoms with Crippen molar-refractivity contribution in [3.8, 4) is 69.0 Å². The van der Waals surface area contributed by atoms with Crippen LogP contribution in [0.3, 0.4) is 0 Å². The maximum Gasteiger partial charge on any atom is 0.261 e. The molecule has 0 saturated carbocycles. The lowest BCUT2D eigenvalue weighted by Crippen LogP contribution is -2.16.